The van der Waals surface area contributed by atoms with Gasteiger partial charge in [-0.3, -0.25) is 29.1 Å². The molecule has 9 nitrogen and oxygen atoms in total. The number of hydrogen-bond donors (Lipinski definition) is 2. The van der Waals surface area contributed by atoms with Crippen LogP contribution in [-0.2, 0) is 25.7 Å². The van der Waals surface area contributed by atoms with Crippen molar-refractivity contribution < 1.29 is 19.1 Å². The molecule has 0 bridgehead atoms. The fraction of sp³-hybridized carbons (Fsp3) is 0.261. The number of imide groups is 1. The molecule has 1 saturated heterocycles. The average Bonchev–Trinajstić information content (AvgIpc) is 2.76. The van der Waals surface area contributed by atoms with Gasteiger partial charge in [0.2, 0.25) is 17.7 Å². The van der Waals surface area contributed by atoms with Gasteiger partial charge in [-0.15, -0.1) is 0 Å². The Balaban J connectivity index is 1.51. The minimum absolute atomic E-state index is 0.139. The quantitative estimate of drug-likeness (QED) is 0.572. The molecule has 0 spiro atoms. The molecule has 2 N–H and O–H groups in total. The smallest absolute Gasteiger partial charge is 0.262 e. The molecule has 1 fully saturated rings. The molecule has 1 aliphatic heterocycles. The lowest BCUT2D eigenvalue weighted by Gasteiger charge is -2.24. The van der Waals surface area contributed by atoms with E-state index in [1.165, 1.54) is 10.6 Å². The van der Waals surface area contributed by atoms with Crippen LogP contribution >= 0.6 is 0 Å². The number of carbonyl (C=O) groups excluding carboxylic acids is 3. The first-order valence-electron chi connectivity index (χ1n) is 10.2. The van der Waals surface area contributed by atoms with E-state index in [0.29, 0.717) is 23.6 Å². The number of piperidine rings is 1. The second-order valence-electron chi connectivity index (χ2n) is 7.56. The lowest BCUT2D eigenvalue weighted by molar-refractivity contribution is -0.135. The summed E-state index contributed by atoms with van der Waals surface area (Å²) in [6.07, 6.45) is 0.382. The minimum atomic E-state index is -0.804. The zero-order valence-electron chi connectivity index (χ0n) is 17.5. The Morgan fingerprint density at radius 3 is 2.72 bits per heavy atom. The Morgan fingerprint density at radius 2 is 1.97 bits per heavy atom. The molecule has 3 aromatic rings. The van der Waals surface area contributed by atoms with Crippen molar-refractivity contribution in [1.82, 2.24) is 14.9 Å². The van der Waals surface area contributed by atoms with Crippen LogP contribution in [0.25, 0.3) is 10.9 Å². The van der Waals surface area contributed by atoms with Crippen LogP contribution in [-0.4, -0.2) is 33.9 Å². The van der Waals surface area contributed by atoms with Crippen LogP contribution in [0, 0.1) is 6.92 Å². The van der Waals surface area contributed by atoms with Crippen LogP contribution in [0.3, 0.4) is 0 Å². The van der Waals surface area contributed by atoms with Crippen molar-refractivity contribution in [3.05, 3.63) is 70.3 Å². The van der Waals surface area contributed by atoms with Crippen molar-refractivity contribution >= 4 is 34.3 Å². The van der Waals surface area contributed by atoms with Crippen molar-refractivity contribution in [2.45, 2.75) is 32.4 Å². The number of hydrogen-bond acceptors (Lipinski definition) is 6. The summed E-state index contributed by atoms with van der Waals surface area (Å²) in [6.45, 7) is 1.82. The highest BCUT2D eigenvalue weighted by Crippen LogP contribution is 2.21. The summed E-state index contributed by atoms with van der Waals surface area (Å²) < 4.78 is 6.74. The van der Waals surface area contributed by atoms with Crippen molar-refractivity contribution in [3.8, 4) is 0 Å². The largest absolute Gasteiger partial charge is 0.367 e. The first kappa shape index (κ1) is 21.4. The van der Waals surface area contributed by atoms with E-state index in [1.54, 1.807) is 19.1 Å². The maximum Gasteiger partial charge on any atom is 0.262 e. The number of amides is 3. The third kappa shape index (κ3) is 4.57. The topological polar surface area (TPSA) is 119 Å². The van der Waals surface area contributed by atoms with Gasteiger partial charge in [-0.2, -0.15) is 0 Å². The van der Waals surface area contributed by atoms with Gasteiger partial charge in [0.05, 0.1) is 17.5 Å². The number of carbonyl (C=O) groups is 3. The normalized spacial score (nSPS) is 16.1. The Labute approximate surface area is 183 Å². The SMILES string of the molecule is Cc1nc2ccc(NC(=O)COCc3ccccc3)cc2c(=O)n1[C@@H]1CCC(=O)NC1=O. The second kappa shape index (κ2) is 9.11. The predicted molar refractivity (Wildman–Crippen MR) is 117 cm³/mol. The molecule has 1 aliphatic rings. The fourth-order valence-electron chi connectivity index (χ4n) is 3.72. The number of aromatic nitrogens is 2. The highest BCUT2D eigenvalue weighted by atomic mass is 16.5. The molecule has 0 aliphatic carbocycles. The molecule has 9 heteroatoms. The molecule has 3 amide bonds. The molecule has 0 radical (unpaired) electrons. The Hall–Kier alpha value is -3.85. The van der Waals surface area contributed by atoms with E-state index in [4.69, 9.17) is 4.74 Å². The standard InChI is InChI=1S/C23H22N4O5/c1-14-24-18-8-7-16(25-21(29)13-32-12-15-5-3-2-4-6-15)11-17(18)23(31)27(14)19-9-10-20(28)26-22(19)30/h2-8,11,19H,9-10,12-13H2,1H3,(H,25,29)(H,26,28,30)/t19-/m1/s1. The average molecular weight is 434 g/mol. The monoisotopic (exact) mass is 434 g/mol. The Kier molecular flexibility index (Phi) is 6.09. The molecular formula is C23H22N4O5. The minimum Gasteiger partial charge on any atom is -0.367 e. The van der Waals surface area contributed by atoms with E-state index in [2.05, 4.69) is 15.6 Å². The molecular weight excluding hydrogens is 412 g/mol. The molecule has 32 heavy (non-hydrogen) atoms. The number of anilines is 1. The van der Waals surface area contributed by atoms with Crippen molar-refractivity contribution in [2.75, 3.05) is 11.9 Å². The van der Waals surface area contributed by atoms with Gasteiger partial charge in [0.15, 0.2) is 0 Å². The van der Waals surface area contributed by atoms with E-state index in [-0.39, 0.29) is 36.6 Å². The highest BCUT2D eigenvalue weighted by molar-refractivity contribution is 5.99. The van der Waals surface area contributed by atoms with Crippen LogP contribution in [0.1, 0.15) is 30.3 Å². The Morgan fingerprint density at radius 1 is 1.19 bits per heavy atom. The van der Waals surface area contributed by atoms with E-state index >= 15 is 0 Å². The zero-order valence-corrected chi connectivity index (χ0v) is 17.5. The molecule has 164 valence electrons. The van der Waals surface area contributed by atoms with Crippen LogP contribution in [0.2, 0.25) is 0 Å². The number of rotatable bonds is 6. The third-order valence-corrected chi connectivity index (χ3v) is 5.23. The third-order valence-electron chi connectivity index (χ3n) is 5.23. The van der Waals surface area contributed by atoms with Crippen LogP contribution in [0.4, 0.5) is 5.69 Å². The fourth-order valence-corrected chi connectivity index (χ4v) is 3.72. The molecule has 1 aromatic heterocycles. The summed E-state index contributed by atoms with van der Waals surface area (Å²) in [7, 11) is 0. The summed E-state index contributed by atoms with van der Waals surface area (Å²) >= 11 is 0. The van der Waals surface area contributed by atoms with Crippen molar-refractivity contribution in [3.63, 3.8) is 0 Å². The van der Waals surface area contributed by atoms with E-state index in [9.17, 15) is 19.2 Å². The second-order valence-corrected chi connectivity index (χ2v) is 7.56. The summed E-state index contributed by atoms with van der Waals surface area (Å²) in [4.78, 5) is 53.6. The maximum absolute atomic E-state index is 13.2. The number of benzene rings is 2. The zero-order chi connectivity index (χ0) is 22.7. The van der Waals surface area contributed by atoms with Crippen molar-refractivity contribution in [2.24, 2.45) is 0 Å². The summed E-state index contributed by atoms with van der Waals surface area (Å²) in [6, 6.07) is 13.5. The Bertz CT molecular complexity index is 1250. The number of aryl methyl sites for hydroxylation is 1. The molecule has 4 rings (SSSR count). The molecule has 2 heterocycles. The van der Waals surface area contributed by atoms with Crippen LogP contribution < -0.4 is 16.2 Å². The van der Waals surface area contributed by atoms with E-state index in [0.717, 1.165) is 5.56 Å². The van der Waals surface area contributed by atoms with Gasteiger partial charge in [-0.25, -0.2) is 4.98 Å². The van der Waals surface area contributed by atoms with Gasteiger partial charge in [0.1, 0.15) is 18.5 Å². The van der Waals surface area contributed by atoms with Gasteiger partial charge in [0.25, 0.3) is 5.56 Å². The van der Waals surface area contributed by atoms with Gasteiger partial charge in [-0.05, 0) is 37.1 Å². The van der Waals surface area contributed by atoms with Crippen LogP contribution in [0.5, 0.6) is 0 Å². The first-order chi connectivity index (χ1) is 15.4. The molecule has 0 saturated carbocycles. The van der Waals surface area contributed by atoms with Gasteiger partial charge in [0, 0.05) is 12.1 Å². The summed E-state index contributed by atoms with van der Waals surface area (Å²) in [5, 5.41) is 5.24. The first-order valence-corrected chi connectivity index (χ1v) is 10.2. The summed E-state index contributed by atoms with van der Waals surface area (Å²) in [5.41, 5.74) is 1.43. The molecule has 0 unspecified atom stereocenters. The highest BCUT2D eigenvalue weighted by Gasteiger charge is 2.30. The number of nitrogens with zero attached hydrogens (tertiary/aromatic N) is 2. The van der Waals surface area contributed by atoms with E-state index < -0.39 is 17.5 Å². The molecule has 2 aromatic carbocycles. The maximum atomic E-state index is 13.2. The van der Waals surface area contributed by atoms with Crippen molar-refractivity contribution in [1.29, 1.82) is 0 Å². The predicted octanol–water partition coefficient (Wildman–Crippen LogP) is 1.84. The lowest BCUT2D eigenvalue weighted by atomic mass is 10.1. The van der Waals surface area contributed by atoms with Gasteiger partial charge in [-0.1, -0.05) is 30.3 Å². The molecule has 1 atom stereocenters. The number of nitrogens with one attached hydrogen (secondary N) is 2. The van der Waals surface area contributed by atoms with Crippen LogP contribution in [0.15, 0.2) is 53.3 Å². The summed E-state index contributed by atoms with van der Waals surface area (Å²) in [5.74, 6) is -0.855. The number of fused-ring (bicyclic) bond motifs is 1. The van der Waals surface area contributed by atoms with E-state index in [1.807, 2.05) is 30.3 Å². The van der Waals surface area contributed by atoms with Gasteiger partial charge < -0.3 is 10.1 Å². The number of ether oxygens (including phenoxy) is 1. The van der Waals surface area contributed by atoms with Gasteiger partial charge >= 0.3 is 0 Å². The lowest BCUT2D eigenvalue weighted by Crippen LogP contribution is -2.45.